The third-order valence-corrected chi connectivity index (χ3v) is 9.85. The minimum Gasteiger partial charge on any atom is -0.457 e. The molecule has 0 aromatic carbocycles. The van der Waals surface area contributed by atoms with Gasteiger partial charge in [-0.3, -0.25) is 9.59 Å². The van der Waals surface area contributed by atoms with Crippen LogP contribution in [0.1, 0.15) is 50.1 Å². The second kappa shape index (κ2) is 7.90. The Morgan fingerprint density at radius 1 is 1.32 bits per heavy atom. The number of halogens is 1. The van der Waals surface area contributed by atoms with Crippen LogP contribution in [0.5, 0.6) is 0 Å². The summed E-state index contributed by atoms with van der Waals surface area (Å²) >= 11 is 7.31. The SMILES string of the molecule is C[C@@H]1C[C@H]2[C@@H]3CCC4=CC(=O)C=C[C@@H]4[C@@]3(Cl)[C@@H](O)C[C@]2(C)[C@@]1(OC(=O)c1ccco1)C(=O)CO. The number of fused-ring (bicyclic) bond motifs is 5. The zero-order valence-corrected chi connectivity index (χ0v) is 20.0. The van der Waals surface area contributed by atoms with E-state index in [4.69, 9.17) is 20.8 Å². The molecule has 1 heterocycles. The van der Waals surface area contributed by atoms with Crippen molar-refractivity contribution in [2.45, 2.75) is 56.1 Å². The van der Waals surface area contributed by atoms with Crippen molar-refractivity contribution in [1.82, 2.24) is 0 Å². The Bertz CT molecular complexity index is 1090. The summed E-state index contributed by atoms with van der Waals surface area (Å²) in [5, 5.41) is 21.5. The molecule has 8 heteroatoms. The second-order valence-corrected chi connectivity index (χ2v) is 11.1. The molecule has 1 aromatic heterocycles. The van der Waals surface area contributed by atoms with Crippen molar-refractivity contribution in [3.63, 3.8) is 0 Å². The molecular formula is C26H29ClO7. The van der Waals surface area contributed by atoms with Gasteiger partial charge >= 0.3 is 5.97 Å². The summed E-state index contributed by atoms with van der Waals surface area (Å²) in [7, 11) is 0. The van der Waals surface area contributed by atoms with Crippen molar-refractivity contribution in [1.29, 1.82) is 0 Å². The van der Waals surface area contributed by atoms with Crippen molar-refractivity contribution in [2.24, 2.45) is 29.1 Å². The maximum atomic E-state index is 13.4. The van der Waals surface area contributed by atoms with Gasteiger partial charge in [0.05, 0.1) is 17.2 Å². The lowest BCUT2D eigenvalue weighted by molar-refractivity contribution is -0.178. The maximum absolute atomic E-state index is 13.4. The first-order valence-corrected chi connectivity index (χ1v) is 12.2. The minimum absolute atomic E-state index is 0.0307. The van der Waals surface area contributed by atoms with E-state index in [-0.39, 0.29) is 35.7 Å². The van der Waals surface area contributed by atoms with Gasteiger partial charge in [-0.25, -0.2) is 4.79 Å². The number of ether oxygens (including phenoxy) is 1. The Balaban J connectivity index is 1.59. The van der Waals surface area contributed by atoms with Gasteiger partial charge in [-0.1, -0.05) is 25.5 Å². The van der Waals surface area contributed by atoms with Gasteiger partial charge in [-0.2, -0.15) is 0 Å². The van der Waals surface area contributed by atoms with Crippen LogP contribution in [0.15, 0.2) is 46.6 Å². The number of esters is 1. The lowest BCUT2D eigenvalue weighted by Crippen LogP contribution is -2.67. The molecule has 3 fully saturated rings. The fourth-order valence-corrected chi connectivity index (χ4v) is 8.27. The first-order valence-electron chi connectivity index (χ1n) is 11.8. The summed E-state index contributed by atoms with van der Waals surface area (Å²) in [5.74, 6) is -2.48. The fourth-order valence-electron chi connectivity index (χ4n) is 7.72. The lowest BCUT2D eigenvalue weighted by Gasteiger charge is -2.60. The van der Waals surface area contributed by atoms with E-state index >= 15 is 0 Å². The molecule has 7 nitrogen and oxygen atoms in total. The number of allylic oxidation sites excluding steroid dienone is 4. The first-order chi connectivity index (χ1) is 16.1. The number of aliphatic hydroxyl groups is 2. The Labute approximate surface area is 202 Å². The van der Waals surface area contributed by atoms with Crippen LogP contribution in [0.3, 0.4) is 0 Å². The summed E-state index contributed by atoms with van der Waals surface area (Å²) in [6, 6.07) is 3.02. The number of ketones is 2. The first kappa shape index (κ1) is 23.5. The predicted molar refractivity (Wildman–Crippen MR) is 122 cm³/mol. The van der Waals surface area contributed by atoms with E-state index in [0.29, 0.717) is 19.3 Å². The van der Waals surface area contributed by atoms with Gasteiger partial charge in [0, 0.05) is 17.3 Å². The summed E-state index contributed by atoms with van der Waals surface area (Å²) in [5.41, 5.74) is -1.66. The van der Waals surface area contributed by atoms with Crippen LogP contribution in [0.2, 0.25) is 0 Å². The van der Waals surface area contributed by atoms with Crippen LogP contribution in [0, 0.1) is 29.1 Å². The second-order valence-electron chi connectivity index (χ2n) is 10.5. The van der Waals surface area contributed by atoms with Crippen LogP contribution < -0.4 is 0 Å². The molecule has 182 valence electrons. The normalized spacial score (nSPS) is 42.9. The average molecular weight is 489 g/mol. The Morgan fingerprint density at radius 3 is 2.76 bits per heavy atom. The highest BCUT2D eigenvalue weighted by Gasteiger charge is 2.74. The highest BCUT2D eigenvalue weighted by atomic mass is 35.5. The molecule has 4 aliphatic carbocycles. The van der Waals surface area contributed by atoms with E-state index in [9.17, 15) is 24.6 Å². The number of hydrogen-bond acceptors (Lipinski definition) is 7. The fraction of sp³-hybridized carbons (Fsp3) is 0.577. The van der Waals surface area contributed by atoms with Crippen molar-refractivity contribution >= 4 is 29.1 Å². The molecule has 0 radical (unpaired) electrons. The highest BCUT2D eigenvalue weighted by Crippen LogP contribution is 2.69. The zero-order valence-electron chi connectivity index (χ0n) is 19.2. The average Bonchev–Trinajstić information content (AvgIpc) is 3.41. The van der Waals surface area contributed by atoms with Gasteiger partial charge in [-0.15, -0.1) is 11.6 Å². The molecule has 34 heavy (non-hydrogen) atoms. The number of hydrogen-bond donors (Lipinski definition) is 2. The summed E-state index contributed by atoms with van der Waals surface area (Å²) in [6.45, 7) is 2.93. The molecule has 0 amide bonds. The van der Waals surface area contributed by atoms with Gasteiger partial charge < -0.3 is 19.4 Å². The van der Waals surface area contributed by atoms with Crippen LogP contribution in [-0.2, 0) is 14.3 Å². The molecule has 0 unspecified atom stereocenters. The number of carbonyl (C=O) groups excluding carboxylic acids is 3. The smallest absolute Gasteiger partial charge is 0.375 e. The number of Topliss-reactive ketones (excluding diaryl/α,β-unsaturated/α-hetero) is 1. The van der Waals surface area contributed by atoms with Gasteiger partial charge in [0.2, 0.25) is 11.5 Å². The van der Waals surface area contributed by atoms with E-state index in [0.717, 1.165) is 5.57 Å². The summed E-state index contributed by atoms with van der Waals surface area (Å²) in [4.78, 5) is 37.3. The molecule has 0 aliphatic heterocycles. The molecule has 0 spiro atoms. The lowest BCUT2D eigenvalue weighted by atomic mass is 9.49. The van der Waals surface area contributed by atoms with Gasteiger partial charge in [0.15, 0.2) is 11.4 Å². The van der Waals surface area contributed by atoms with Crippen LogP contribution >= 0.6 is 11.6 Å². The van der Waals surface area contributed by atoms with Crippen LogP contribution in [0.25, 0.3) is 0 Å². The van der Waals surface area contributed by atoms with E-state index < -0.39 is 46.3 Å². The molecule has 3 saturated carbocycles. The van der Waals surface area contributed by atoms with Crippen molar-refractivity contribution < 1.29 is 33.8 Å². The largest absolute Gasteiger partial charge is 0.457 e. The molecule has 5 rings (SSSR count). The quantitative estimate of drug-likeness (QED) is 0.494. The molecule has 0 saturated heterocycles. The topological polar surface area (TPSA) is 114 Å². The molecule has 0 bridgehead atoms. The maximum Gasteiger partial charge on any atom is 0.375 e. The molecule has 4 aliphatic rings. The summed E-state index contributed by atoms with van der Waals surface area (Å²) in [6.07, 6.45) is 7.22. The van der Waals surface area contributed by atoms with Crippen molar-refractivity contribution in [2.75, 3.05) is 6.61 Å². The number of aliphatic hydroxyl groups excluding tert-OH is 2. The Hall–Kier alpha value is -2.22. The van der Waals surface area contributed by atoms with E-state index in [1.54, 1.807) is 18.2 Å². The minimum atomic E-state index is -1.63. The molecule has 1 aromatic rings. The Kier molecular flexibility index (Phi) is 5.47. The number of furan rings is 1. The van der Waals surface area contributed by atoms with E-state index in [2.05, 4.69) is 0 Å². The van der Waals surface area contributed by atoms with Crippen LogP contribution in [0.4, 0.5) is 0 Å². The molecular weight excluding hydrogens is 460 g/mol. The predicted octanol–water partition coefficient (Wildman–Crippen LogP) is 3.23. The van der Waals surface area contributed by atoms with Crippen LogP contribution in [-0.4, -0.2) is 50.9 Å². The third kappa shape index (κ3) is 2.93. The zero-order chi connectivity index (χ0) is 24.5. The molecule has 8 atom stereocenters. The van der Waals surface area contributed by atoms with Gasteiger partial charge in [0.25, 0.3) is 0 Å². The standard InChI is InChI=1S/C26H29ClO7/c1-14-10-19-18-7-5-15-11-16(29)6-8-17(15)25(18,27)21(30)12-24(19,2)26(14,22(31)13-28)34-23(32)20-4-3-9-33-20/h3-4,6,8-9,11,14,17-19,21,28,30H,5,7,10,12-13H2,1-2H3/t14-,17+,18+,19+,21+,24+,25+,26+/m1/s1. The Morgan fingerprint density at radius 2 is 2.09 bits per heavy atom. The summed E-state index contributed by atoms with van der Waals surface area (Å²) < 4.78 is 11.2. The van der Waals surface area contributed by atoms with Crippen molar-refractivity contribution in [3.05, 3.63) is 48.0 Å². The highest BCUT2D eigenvalue weighted by molar-refractivity contribution is 6.25. The van der Waals surface area contributed by atoms with Crippen molar-refractivity contribution in [3.8, 4) is 0 Å². The monoisotopic (exact) mass is 488 g/mol. The van der Waals surface area contributed by atoms with Gasteiger partial charge in [-0.05, 0) is 61.8 Å². The number of rotatable bonds is 4. The van der Waals surface area contributed by atoms with E-state index in [1.807, 2.05) is 13.8 Å². The van der Waals surface area contributed by atoms with E-state index in [1.165, 1.54) is 18.4 Å². The number of carbonyl (C=O) groups is 3. The molecule has 2 N–H and O–H groups in total. The third-order valence-electron chi connectivity index (χ3n) is 9.09. The van der Waals surface area contributed by atoms with Gasteiger partial charge in [0.1, 0.15) is 6.61 Å². The number of alkyl halides is 1.